The fourth-order valence-electron chi connectivity index (χ4n) is 3.24. The van der Waals surface area contributed by atoms with E-state index in [1.54, 1.807) is 18.2 Å². The molecule has 1 saturated heterocycles. The number of carbonyl (C=O) groups excluding carboxylic acids is 3. The maximum absolute atomic E-state index is 13.0. The number of esters is 1. The first-order valence-corrected chi connectivity index (χ1v) is 11.5. The summed E-state index contributed by atoms with van der Waals surface area (Å²) in [7, 11) is 0. The molecule has 1 aliphatic heterocycles. The summed E-state index contributed by atoms with van der Waals surface area (Å²) in [5.41, 5.74) is 0.597. The molecule has 4 rings (SSSR count). The van der Waals surface area contributed by atoms with Crippen molar-refractivity contribution in [1.29, 1.82) is 0 Å². The van der Waals surface area contributed by atoms with Gasteiger partial charge in [-0.05, 0) is 60.3 Å². The minimum absolute atomic E-state index is 0.0552. The number of nitro benzene ring substituents is 1. The summed E-state index contributed by atoms with van der Waals surface area (Å²) < 4.78 is 5.48. The van der Waals surface area contributed by atoms with E-state index >= 15 is 0 Å². The molecule has 0 atom stereocenters. The van der Waals surface area contributed by atoms with Gasteiger partial charge in [-0.25, -0.2) is 4.79 Å². The third kappa shape index (κ3) is 5.54. The predicted molar refractivity (Wildman–Crippen MR) is 132 cm³/mol. The van der Waals surface area contributed by atoms with Crippen LogP contribution in [0.1, 0.15) is 21.5 Å². The molecule has 176 valence electrons. The first kappa shape index (κ1) is 24.5. The number of rotatable bonds is 6. The molecule has 35 heavy (non-hydrogen) atoms. The van der Waals surface area contributed by atoms with Crippen molar-refractivity contribution < 1.29 is 24.0 Å². The topological polar surface area (TPSA) is 107 Å². The first-order chi connectivity index (χ1) is 16.7. The quantitative estimate of drug-likeness (QED) is 0.120. The number of amides is 2. The largest absolute Gasteiger partial charge is 0.422 e. The third-order valence-corrected chi connectivity index (χ3v) is 6.33. The molecule has 0 radical (unpaired) electrons. The Balaban J connectivity index is 1.60. The molecule has 0 aliphatic carbocycles. The van der Waals surface area contributed by atoms with Crippen molar-refractivity contribution >= 4 is 63.8 Å². The van der Waals surface area contributed by atoms with E-state index in [0.717, 1.165) is 4.90 Å². The summed E-state index contributed by atoms with van der Waals surface area (Å²) in [6.07, 6.45) is 1.39. The highest BCUT2D eigenvalue weighted by Gasteiger charge is 2.36. The molecule has 1 heterocycles. The molecule has 8 nitrogen and oxygen atoms in total. The summed E-state index contributed by atoms with van der Waals surface area (Å²) in [6.45, 7) is -0.257. The van der Waals surface area contributed by atoms with Crippen LogP contribution in [-0.4, -0.2) is 26.9 Å². The van der Waals surface area contributed by atoms with E-state index in [0.29, 0.717) is 27.4 Å². The fraction of sp³-hybridized carbons (Fsp3) is 0.0417. The Kier molecular flexibility index (Phi) is 7.20. The van der Waals surface area contributed by atoms with E-state index in [1.165, 1.54) is 54.6 Å². The Morgan fingerprint density at radius 3 is 2.43 bits per heavy atom. The minimum Gasteiger partial charge on any atom is -0.422 e. The SMILES string of the molecule is O=C(Oc1ccc(Cl)cc1/C=C1\SC(=O)N(Cc2ccccc2[N+](=O)[O-])C1=O)c1ccc(Cl)cc1. The van der Waals surface area contributed by atoms with Crippen LogP contribution in [0.5, 0.6) is 5.75 Å². The lowest BCUT2D eigenvalue weighted by Gasteiger charge is -2.12. The van der Waals surface area contributed by atoms with Gasteiger partial charge >= 0.3 is 5.97 Å². The molecular weight excluding hydrogens is 515 g/mol. The zero-order valence-corrected chi connectivity index (χ0v) is 20.0. The highest BCUT2D eigenvalue weighted by atomic mass is 35.5. The van der Waals surface area contributed by atoms with Gasteiger partial charge in [0.2, 0.25) is 0 Å². The van der Waals surface area contributed by atoms with Crippen LogP contribution in [0.3, 0.4) is 0 Å². The number of halogens is 2. The second kappa shape index (κ2) is 10.3. The second-order valence-corrected chi connectivity index (χ2v) is 9.10. The molecule has 0 spiro atoms. The lowest BCUT2D eigenvalue weighted by Crippen LogP contribution is -2.27. The van der Waals surface area contributed by atoms with Crippen LogP contribution >= 0.6 is 35.0 Å². The number of nitrogens with zero attached hydrogens (tertiary/aromatic N) is 2. The Labute approximate surface area is 213 Å². The van der Waals surface area contributed by atoms with Gasteiger partial charge in [0.15, 0.2) is 0 Å². The van der Waals surface area contributed by atoms with Gasteiger partial charge in [-0.3, -0.25) is 24.6 Å². The lowest BCUT2D eigenvalue weighted by molar-refractivity contribution is -0.385. The maximum Gasteiger partial charge on any atom is 0.343 e. The van der Waals surface area contributed by atoms with Crippen LogP contribution in [0.25, 0.3) is 6.08 Å². The van der Waals surface area contributed by atoms with E-state index in [1.807, 2.05) is 0 Å². The molecule has 11 heteroatoms. The molecule has 3 aromatic rings. The van der Waals surface area contributed by atoms with Gasteiger partial charge < -0.3 is 4.74 Å². The highest BCUT2D eigenvalue weighted by Crippen LogP contribution is 2.36. The van der Waals surface area contributed by atoms with Gasteiger partial charge in [0.1, 0.15) is 5.75 Å². The van der Waals surface area contributed by atoms with Crippen molar-refractivity contribution in [2.45, 2.75) is 6.54 Å². The van der Waals surface area contributed by atoms with Crippen LogP contribution in [-0.2, 0) is 11.3 Å². The van der Waals surface area contributed by atoms with E-state index in [-0.39, 0.29) is 34.0 Å². The summed E-state index contributed by atoms with van der Waals surface area (Å²) in [4.78, 5) is 49.8. The van der Waals surface area contributed by atoms with E-state index in [4.69, 9.17) is 27.9 Å². The van der Waals surface area contributed by atoms with Gasteiger partial charge in [-0.15, -0.1) is 0 Å². The lowest BCUT2D eigenvalue weighted by atomic mass is 10.1. The molecule has 0 saturated carbocycles. The highest BCUT2D eigenvalue weighted by molar-refractivity contribution is 8.18. The number of hydrogen-bond donors (Lipinski definition) is 0. The molecule has 3 aromatic carbocycles. The molecule has 1 fully saturated rings. The van der Waals surface area contributed by atoms with E-state index in [9.17, 15) is 24.5 Å². The van der Waals surface area contributed by atoms with Crippen LogP contribution in [0.2, 0.25) is 10.0 Å². The fourth-order valence-corrected chi connectivity index (χ4v) is 4.38. The number of nitro groups is 1. The zero-order valence-electron chi connectivity index (χ0n) is 17.6. The average Bonchev–Trinajstić information content (AvgIpc) is 3.08. The number of ether oxygens (including phenoxy) is 1. The average molecular weight is 529 g/mol. The number of para-hydroxylation sites is 1. The smallest absolute Gasteiger partial charge is 0.343 e. The van der Waals surface area contributed by atoms with Crippen LogP contribution in [0.15, 0.2) is 71.6 Å². The first-order valence-electron chi connectivity index (χ1n) is 9.98. The van der Waals surface area contributed by atoms with Crippen molar-refractivity contribution in [3.8, 4) is 5.75 Å². The number of benzene rings is 3. The number of imide groups is 1. The Bertz CT molecular complexity index is 1390. The van der Waals surface area contributed by atoms with Gasteiger partial charge in [0.05, 0.1) is 21.9 Å². The number of carbonyl (C=O) groups is 3. The molecular formula is C24H14Cl2N2O6S. The standard InChI is InChI=1S/C24H14Cl2N2O6S/c25-17-7-5-14(6-8-17)23(30)34-20-10-9-18(26)11-16(20)12-21-22(29)27(24(31)35-21)13-15-3-1-2-4-19(15)28(32)33/h1-12H,13H2/b21-12-. The summed E-state index contributed by atoms with van der Waals surface area (Å²) >= 11 is 12.6. The zero-order chi connectivity index (χ0) is 25.1. The maximum atomic E-state index is 13.0. The third-order valence-electron chi connectivity index (χ3n) is 4.93. The molecule has 1 aliphatic rings. The van der Waals surface area contributed by atoms with Crippen molar-refractivity contribution in [3.05, 3.63) is 108 Å². The molecule has 2 amide bonds. The van der Waals surface area contributed by atoms with Gasteiger partial charge in [0.25, 0.3) is 16.8 Å². The van der Waals surface area contributed by atoms with Crippen molar-refractivity contribution in [1.82, 2.24) is 4.90 Å². The molecule has 0 N–H and O–H groups in total. The minimum atomic E-state index is -0.650. The summed E-state index contributed by atoms with van der Waals surface area (Å²) in [5, 5.41) is 11.5. The van der Waals surface area contributed by atoms with Crippen molar-refractivity contribution in [3.63, 3.8) is 0 Å². The van der Waals surface area contributed by atoms with Gasteiger partial charge in [0, 0.05) is 27.2 Å². The van der Waals surface area contributed by atoms with E-state index in [2.05, 4.69) is 0 Å². The van der Waals surface area contributed by atoms with Crippen molar-refractivity contribution in [2.24, 2.45) is 0 Å². The summed E-state index contributed by atoms with van der Waals surface area (Å²) in [6, 6.07) is 16.5. The Hall–Kier alpha value is -3.66. The normalized spacial score (nSPS) is 14.5. The van der Waals surface area contributed by atoms with Gasteiger partial charge in [-0.2, -0.15) is 0 Å². The monoisotopic (exact) mass is 528 g/mol. The molecule has 0 aromatic heterocycles. The Morgan fingerprint density at radius 1 is 1.03 bits per heavy atom. The molecule has 0 unspecified atom stereocenters. The van der Waals surface area contributed by atoms with E-state index < -0.39 is 22.0 Å². The van der Waals surface area contributed by atoms with Crippen LogP contribution in [0, 0.1) is 10.1 Å². The van der Waals surface area contributed by atoms with Crippen LogP contribution < -0.4 is 4.74 Å². The number of hydrogen-bond acceptors (Lipinski definition) is 7. The Morgan fingerprint density at radius 2 is 1.71 bits per heavy atom. The summed E-state index contributed by atoms with van der Waals surface area (Å²) in [5.74, 6) is -1.16. The van der Waals surface area contributed by atoms with Gasteiger partial charge in [-0.1, -0.05) is 41.4 Å². The number of thioether (sulfide) groups is 1. The second-order valence-electron chi connectivity index (χ2n) is 7.23. The molecule has 0 bridgehead atoms. The predicted octanol–water partition coefficient (Wildman–Crippen LogP) is 6.36. The van der Waals surface area contributed by atoms with Crippen LogP contribution in [0.4, 0.5) is 10.5 Å². The van der Waals surface area contributed by atoms with Crippen molar-refractivity contribution in [2.75, 3.05) is 0 Å².